The molecule has 0 aromatic carbocycles. The first kappa shape index (κ1) is 10.4. The highest BCUT2D eigenvalue weighted by Gasteiger charge is 2.08. The first-order valence-electron chi connectivity index (χ1n) is 4.13. The number of aromatic amines is 1. The van der Waals surface area contributed by atoms with Crippen LogP contribution in [-0.2, 0) is 0 Å². The maximum atomic E-state index is 11.1. The zero-order chi connectivity index (χ0) is 11.0. The molecule has 0 aliphatic carbocycles. The van der Waals surface area contributed by atoms with Crippen LogP contribution in [0.2, 0.25) is 0 Å². The minimum absolute atomic E-state index is 0.268. The van der Waals surface area contributed by atoms with E-state index in [0.29, 0.717) is 5.82 Å². The van der Waals surface area contributed by atoms with Crippen LogP contribution in [0.1, 0.15) is 4.88 Å². The molecule has 0 saturated heterocycles. The van der Waals surface area contributed by atoms with Gasteiger partial charge >= 0.3 is 0 Å². The molecule has 0 atom stereocenters. The molecule has 6 heteroatoms. The highest BCUT2D eigenvalue weighted by atomic mass is 79.9. The summed E-state index contributed by atoms with van der Waals surface area (Å²) in [6.07, 6.45) is 0. The maximum Gasteiger partial charge on any atom is 0.254 e. The van der Waals surface area contributed by atoms with Gasteiger partial charge in [-0.1, -0.05) is 0 Å². The summed E-state index contributed by atoms with van der Waals surface area (Å²) in [5.41, 5.74) is -0.361. The Bertz CT molecular complexity index is 542. The van der Waals surface area contributed by atoms with Crippen LogP contribution in [0.5, 0.6) is 5.88 Å². The van der Waals surface area contributed by atoms with E-state index in [4.69, 9.17) is 0 Å². The molecule has 15 heavy (non-hydrogen) atoms. The molecule has 0 unspecified atom stereocenters. The Kier molecular flexibility index (Phi) is 2.62. The molecule has 2 aromatic rings. The van der Waals surface area contributed by atoms with Crippen LogP contribution >= 0.6 is 27.3 Å². The second-order valence-corrected chi connectivity index (χ2v) is 5.08. The average molecular weight is 287 g/mol. The van der Waals surface area contributed by atoms with Crippen molar-refractivity contribution in [2.75, 3.05) is 0 Å². The molecule has 0 aliphatic heterocycles. The van der Waals surface area contributed by atoms with Crippen LogP contribution in [0.3, 0.4) is 0 Å². The standard InChI is InChI=1S/C9H7BrN2O2S/c1-4-5(10)2-6(15-4)9-11-7(13)3-8(14)12-9/h2-3H,1H3,(H2,11,12,13,14). The lowest BCUT2D eigenvalue weighted by molar-refractivity contribution is 0.452. The molecule has 0 spiro atoms. The number of halogens is 1. The SMILES string of the molecule is Cc1sc(-c2nc(O)cc(=O)[nH]2)cc1Br. The molecule has 0 amide bonds. The first-order valence-corrected chi connectivity index (χ1v) is 5.74. The fraction of sp³-hybridized carbons (Fsp3) is 0.111. The Balaban J connectivity index is 2.58. The summed E-state index contributed by atoms with van der Waals surface area (Å²) in [6, 6.07) is 2.90. The van der Waals surface area contributed by atoms with Crippen LogP contribution < -0.4 is 5.56 Å². The molecular formula is C9H7BrN2O2S. The molecule has 2 N–H and O–H groups in total. The van der Waals surface area contributed by atoms with E-state index in [9.17, 15) is 9.90 Å². The molecule has 2 rings (SSSR count). The summed E-state index contributed by atoms with van der Waals surface area (Å²) in [5.74, 6) is 0.120. The van der Waals surface area contributed by atoms with Gasteiger partial charge in [0.2, 0.25) is 5.88 Å². The highest BCUT2D eigenvalue weighted by Crippen LogP contribution is 2.32. The Labute approximate surface area is 97.8 Å². The minimum Gasteiger partial charge on any atom is -0.493 e. The van der Waals surface area contributed by atoms with Crippen molar-refractivity contribution >= 4 is 27.3 Å². The zero-order valence-electron chi connectivity index (χ0n) is 7.74. The fourth-order valence-corrected chi connectivity index (χ4v) is 2.62. The number of aryl methyl sites for hydroxylation is 1. The number of hydrogen-bond acceptors (Lipinski definition) is 4. The molecule has 0 bridgehead atoms. The van der Waals surface area contributed by atoms with Crippen molar-refractivity contribution in [1.82, 2.24) is 9.97 Å². The molecule has 0 aliphatic rings. The van der Waals surface area contributed by atoms with Crippen LogP contribution in [0, 0.1) is 6.92 Å². The van der Waals surface area contributed by atoms with Crippen molar-refractivity contribution in [1.29, 1.82) is 0 Å². The van der Waals surface area contributed by atoms with E-state index < -0.39 is 0 Å². The number of nitrogens with zero attached hydrogens (tertiary/aromatic N) is 1. The summed E-state index contributed by atoms with van der Waals surface area (Å²) in [7, 11) is 0. The van der Waals surface area contributed by atoms with Gasteiger partial charge in [0.25, 0.3) is 5.56 Å². The topological polar surface area (TPSA) is 66.0 Å². The van der Waals surface area contributed by atoms with Crippen LogP contribution in [-0.4, -0.2) is 15.1 Å². The lowest BCUT2D eigenvalue weighted by Crippen LogP contribution is -2.05. The van der Waals surface area contributed by atoms with Crippen molar-refractivity contribution in [3.63, 3.8) is 0 Å². The number of nitrogens with one attached hydrogen (secondary N) is 1. The van der Waals surface area contributed by atoms with Crippen molar-refractivity contribution in [2.24, 2.45) is 0 Å². The van der Waals surface area contributed by atoms with E-state index in [2.05, 4.69) is 25.9 Å². The zero-order valence-corrected chi connectivity index (χ0v) is 10.1. The predicted molar refractivity (Wildman–Crippen MR) is 62.3 cm³/mol. The van der Waals surface area contributed by atoms with Gasteiger partial charge in [-0.2, -0.15) is 4.98 Å². The Morgan fingerprint density at radius 3 is 2.80 bits per heavy atom. The number of rotatable bonds is 1. The van der Waals surface area contributed by atoms with Gasteiger partial charge in [-0.25, -0.2) is 0 Å². The number of hydrogen-bond donors (Lipinski definition) is 2. The molecule has 2 heterocycles. The van der Waals surface area contributed by atoms with E-state index in [0.717, 1.165) is 20.3 Å². The highest BCUT2D eigenvalue weighted by molar-refractivity contribution is 9.10. The second-order valence-electron chi connectivity index (χ2n) is 2.97. The molecular weight excluding hydrogens is 280 g/mol. The van der Waals surface area contributed by atoms with Gasteiger partial charge in [-0.05, 0) is 28.9 Å². The Hall–Kier alpha value is -1.14. The largest absolute Gasteiger partial charge is 0.493 e. The fourth-order valence-electron chi connectivity index (χ4n) is 1.14. The molecule has 4 nitrogen and oxygen atoms in total. The predicted octanol–water partition coefficient (Wildman–Crippen LogP) is 2.27. The molecule has 0 saturated carbocycles. The third-order valence-electron chi connectivity index (χ3n) is 1.82. The summed E-state index contributed by atoms with van der Waals surface area (Å²) in [5, 5.41) is 9.19. The summed E-state index contributed by atoms with van der Waals surface area (Å²) in [4.78, 5) is 19.4. The van der Waals surface area contributed by atoms with Crippen molar-refractivity contribution < 1.29 is 5.11 Å². The van der Waals surface area contributed by atoms with E-state index in [-0.39, 0.29) is 11.4 Å². The normalized spacial score (nSPS) is 10.5. The average Bonchev–Trinajstić information content (AvgIpc) is 2.45. The maximum absolute atomic E-state index is 11.1. The van der Waals surface area contributed by atoms with Crippen LogP contribution in [0.4, 0.5) is 0 Å². The van der Waals surface area contributed by atoms with Crippen molar-refractivity contribution in [2.45, 2.75) is 6.92 Å². The smallest absolute Gasteiger partial charge is 0.254 e. The van der Waals surface area contributed by atoms with Gasteiger partial charge in [-0.3, -0.25) is 4.79 Å². The molecule has 2 aromatic heterocycles. The molecule has 78 valence electrons. The van der Waals surface area contributed by atoms with Crippen molar-refractivity contribution in [3.8, 4) is 16.6 Å². The van der Waals surface area contributed by atoms with Crippen LogP contribution in [0.25, 0.3) is 10.7 Å². The quantitative estimate of drug-likeness (QED) is 0.845. The number of aromatic nitrogens is 2. The first-order chi connectivity index (χ1) is 7.06. The summed E-state index contributed by atoms with van der Waals surface area (Å²) < 4.78 is 0.966. The lowest BCUT2D eigenvalue weighted by Gasteiger charge is -1.96. The van der Waals surface area contributed by atoms with Gasteiger partial charge in [0, 0.05) is 9.35 Å². The monoisotopic (exact) mass is 286 g/mol. The second kappa shape index (κ2) is 3.79. The third kappa shape index (κ3) is 2.10. The van der Waals surface area contributed by atoms with Gasteiger partial charge < -0.3 is 10.1 Å². The van der Waals surface area contributed by atoms with E-state index in [1.54, 1.807) is 0 Å². The van der Waals surface area contributed by atoms with Gasteiger partial charge in [0.15, 0.2) is 5.82 Å². The minimum atomic E-state index is -0.361. The van der Waals surface area contributed by atoms with E-state index >= 15 is 0 Å². The van der Waals surface area contributed by atoms with Gasteiger partial charge in [0.1, 0.15) is 0 Å². The third-order valence-corrected chi connectivity index (χ3v) is 3.96. The van der Waals surface area contributed by atoms with Crippen LogP contribution in [0.15, 0.2) is 21.4 Å². The number of thiophene rings is 1. The number of H-pyrrole nitrogens is 1. The van der Waals surface area contributed by atoms with E-state index in [1.807, 2.05) is 13.0 Å². The molecule has 0 fully saturated rings. The summed E-state index contributed by atoms with van der Waals surface area (Å²) in [6.45, 7) is 1.96. The Morgan fingerprint density at radius 1 is 1.53 bits per heavy atom. The Morgan fingerprint density at radius 2 is 2.27 bits per heavy atom. The van der Waals surface area contributed by atoms with Crippen molar-refractivity contribution in [3.05, 3.63) is 31.8 Å². The summed E-state index contributed by atoms with van der Waals surface area (Å²) >= 11 is 4.87. The lowest BCUT2D eigenvalue weighted by atomic mass is 10.4. The van der Waals surface area contributed by atoms with Gasteiger partial charge in [0.05, 0.1) is 10.9 Å². The number of aromatic hydroxyl groups is 1. The van der Waals surface area contributed by atoms with Gasteiger partial charge in [-0.15, -0.1) is 11.3 Å². The van der Waals surface area contributed by atoms with E-state index in [1.165, 1.54) is 11.3 Å². The molecule has 0 radical (unpaired) electrons.